The number of carbonyl (C=O) groups is 1. The lowest BCUT2D eigenvalue weighted by Gasteiger charge is -2.57. The van der Waals surface area contributed by atoms with Crippen molar-refractivity contribution in [3.05, 3.63) is 35.4 Å². The molecule has 2 bridgehead atoms. The van der Waals surface area contributed by atoms with Gasteiger partial charge in [-0.2, -0.15) is 0 Å². The van der Waals surface area contributed by atoms with Crippen LogP contribution in [0.4, 0.5) is 0 Å². The first kappa shape index (κ1) is 11.8. The molecule has 1 saturated carbocycles. The molecule has 0 aromatic heterocycles. The fourth-order valence-electron chi connectivity index (χ4n) is 5.22. The second-order valence-corrected chi connectivity index (χ2v) is 6.77. The lowest BCUT2D eigenvalue weighted by atomic mass is 9.47. The highest BCUT2D eigenvalue weighted by molar-refractivity contribution is 5.98. The number of rotatable bonds is 0. The van der Waals surface area contributed by atoms with Gasteiger partial charge >= 0.3 is 0 Å². The molecule has 4 aliphatic rings. The van der Waals surface area contributed by atoms with Crippen molar-refractivity contribution in [2.45, 2.75) is 42.8 Å². The van der Waals surface area contributed by atoms with Gasteiger partial charge in [-0.15, -0.1) is 0 Å². The van der Waals surface area contributed by atoms with E-state index < -0.39 is 17.1 Å². The van der Waals surface area contributed by atoms with Crippen LogP contribution in [0.3, 0.4) is 0 Å². The summed E-state index contributed by atoms with van der Waals surface area (Å²) in [6.45, 7) is 0. The zero-order chi connectivity index (χ0) is 14.4. The molecule has 1 aliphatic heterocycles. The third kappa shape index (κ3) is 1.06. The Morgan fingerprint density at radius 3 is 3.05 bits per heavy atom. The fourth-order valence-corrected chi connectivity index (χ4v) is 5.22. The van der Waals surface area contributed by atoms with E-state index in [1.165, 1.54) is 6.08 Å². The molecule has 108 valence electrons. The van der Waals surface area contributed by atoms with Gasteiger partial charge in [0.15, 0.2) is 23.4 Å². The summed E-state index contributed by atoms with van der Waals surface area (Å²) in [6.07, 6.45) is 5.90. The highest BCUT2D eigenvalue weighted by Crippen LogP contribution is 2.65. The van der Waals surface area contributed by atoms with E-state index in [2.05, 4.69) is 0 Å². The van der Waals surface area contributed by atoms with Crippen LogP contribution in [0.1, 0.15) is 30.4 Å². The Labute approximate surface area is 122 Å². The van der Waals surface area contributed by atoms with Crippen molar-refractivity contribution in [3.63, 3.8) is 0 Å². The first-order valence-electron chi connectivity index (χ1n) is 7.55. The topological polar surface area (TPSA) is 66.8 Å². The average Bonchev–Trinajstić information content (AvgIpc) is 2.80. The van der Waals surface area contributed by atoms with Gasteiger partial charge in [0.1, 0.15) is 5.60 Å². The Morgan fingerprint density at radius 2 is 2.19 bits per heavy atom. The molecular weight excluding hydrogens is 268 g/mol. The summed E-state index contributed by atoms with van der Waals surface area (Å²) < 4.78 is 5.88. The number of benzene rings is 1. The summed E-state index contributed by atoms with van der Waals surface area (Å²) in [7, 11) is 0. The van der Waals surface area contributed by atoms with Crippen molar-refractivity contribution in [2.75, 3.05) is 0 Å². The van der Waals surface area contributed by atoms with E-state index in [0.717, 1.165) is 36.8 Å². The van der Waals surface area contributed by atoms with Gasteiger partial charge in [-0.3, -0.25) is 4.79 Å². The SMILES string of the molecule is O=C1C=C[C@@]2(O)[C@@H]3CCC[C@@]24c2c(ccc(O)c2O[C@@H]14)C3. The third-order valence-electron chi connectivity index (χ3n) is 6.04. The Kier molecular flexibility index (Phi) is 1.87. The van der Waals surface area contributed by atoms with Crippen molar-refractivity contribution < 1.29 is 19.7 Å². The maximum absolute atomic E-state index is 12.4. The molecule has 5 rings (SSSR count). The summed E-state index contributed by atoms with van der Waals surface area (Å²) in [5.74, 6) is 0.485. The minimum absolute atomic E-state index is 0.0664. The van der Waals surface area contributed by atoms with E-state index in [4.69, 9.17) is 4.74 Å². The smallest absolute Gasteiger partial charge is 0.196 e. The maximum atomic E-state index is 12.4. The normalized spacial score (nSPS) is 41.7. The van der Waals surface area contributed by atoms with Gasteiger partial charge in [-0.25, -0.2) is 0 Å². The highest BCUT2D eigenvalue weighted by Gasteiger charge is 2.70. The molecule has 2 N–H and O–H groups in total. The predicted molar refractivity (Wildman–Crippen MR) is 74.3 cm³/mol. The molecule has 1 heterocycles. The first-order chi connectivity index (χ1) is 10.1. The van der Waals surface area contributed by atoms with E-state index >= 15 is 0 Å². The van der Waals surface area contributed by atoms with E-state index in [9.17, 15) is 15.0 Å². The third-order valence-corrected chi connectivity index (χ3v) is 6.04. The number of aliphatic hydroxyl groups is 1. The van der Waals surface area contributed by atoms with E-state index in [-0.39, 0.29) is 17.5 Å². The van der Waals surface area contributed by atoms with Gasteiger partial charge in [-0.1, -0.05) is 12.5 Å². The summed E-state index contributed by atoms with van der Waals surface area (Å²) >= 11 is 0. The van der Waals surface area contributed by atoms with Crippen molar-refractivity contribution in [1.82, 2.24) is 0 Å². The molecule has 1 spiro atoms. The molecule has 0 unspecified atom stereocenters. The Balaban J connectivity index is 1.93. The van der Waals surface area contributed by atoms with Crippen molar-refractivity contribution in [1.29, 1.82) is 0 Å². The molecule has 0 amide bonds. The minimum Gasteiger partial charge on any atom is -0.504 e. The van der Waals surface area contributed by atoms with Crippen LogP contribution in [0.15, 0.2) is 24.3 Å². The van der Waals surface area contributed by atoms with Crippen LogP contribution in [0.25, 0.3) is 0 Å². The molecule has 21 heavy (non-hydrogen) atoms. The number of hydrogen-bond acceptors (Lipinski definition) is 4. The zero-order valence-corrected chi connectivity index (χ0v) is 11.5. The molecule has 0 saturated heterocycles. The number of ketones is 1. The number of phenolic OH excluding ortho intramolecular Hbond substituents is 1. The van der Waals surface area contributed by atoms with Crippen molar-refractivity contribution >= 4 is 5.78 Å². The number of hydrogen-bond donors (Lipinski definition) is 2. The van der Waals surface area contributed by atoms with Crippen molar-refractivity contribution in [2.24, 2.45) is 5.92 Å². The minimum atomic E-state index is -1.03. The Hall–Kier alpha value is -1.81. The predicted octanol–water partition coefficient (Wildman–Crippen LogP) is 1.62. The first-order valence-corrected chi connectivity index (χ1v) is 7.55. The monoisotopic (exact) mass is 284 g/mol. The standard InChI is InChI=1S/C17H16O4/c18-11-4-3-9-8-10-2-1-6-16-13(9)14(11)21-15(16)12(19)5-7-17(10,16)20/h3-5,7,10,15,18,20H,1-2,6,8H2/t10-,15+,16+,17-/m1/s1. The molecule has 1 aromatic carbocycles. The van der Waals surface area contributed by atoms with Gasteiger partial charge in [-0.05, 0) is 49.0 Å². The van der Waals surface area contributed by atoms with Gasteiger partial charge in [0, 0.05) is 5.56 Å². The highest BCUT2D eigenvalue weighted by atomic mass is 16.5. The summed E-state index contributed by atoms with van der Waals surface area (Å²) in [5, 5.41) is 21.6. The van der Waals surface area contributed by atoms with Gasteiger partial charge < -0.3 is 14.9 Å². The van der Waals surface area contributed by atoms with Crippen LogP contribution in [0.5, 0.6) is 11.5 Å². The van der Waals surface area contributed by atoms with Crippen LogP contribution < -0.4 is 4.74 Å². The second kappa shape index (κ2) is 3.33. The molecule has 1 aromatic rings. The van der Waals surface area contributed by atoms with Crippen molar-refractivity contribution in [3.8, 4) is 11.5 Å². The Morgan fingerprint density at radius 1 is 1.33 bits per heavy atom. The number of ether oxygens (including phenoxy) is 1. The van der Waals surface area contributed by atoms with Gasteiger partial charge in [0.2, 0.25) is 0 Å². The van der Waals surface area contributed by atoms with Gasteiger partial charge in [0.05, 0.1) is 5.41 Å². The van der Waals surface area contributed by atoms with Crippen LogP contribution in [0.2, 0.25) is 0 Å². The Bertz CT molecular complexity index is 722. The largest absolute Gasteiger partial charge is 0.504 e. The summed E-state index contributed by atoms with van der Waals surface area (Å²) in [5.41, 5.74) is 0.255. The lowest BCUT2D eigenvalue weighted by Crippen LogP contribution is -2.68. The number of aromatic hydroxyl groups is 1. The van der Waals surface area contributed by atoms with Crippen LogP contribution in [-0.2, 0) is 16.6 Å². The number of carbonyl (C=O) groups excluding carboxylic acids is 1. The second-order valence-electron chi connectivity index (χ2n) is 6.77. The average molecular weight is 284 g/mol. The molecule has 1 fully saturated rings. The molecular formula is C17H16O4. The zero-order valence-electron chi connectivity index (χ0n) is 11.5. The number of phenols is 1. The van der Waals surface area contributed by atoms with Gasteiger partial charge in [0.25, 0.3) is 0 Å². The van der Waals surface area contributed by atoms with E-state index in [1.807, 2.05) is 6.07 Å². The maximum Gasteiger partial charge on any atom is 0.196 e. The summed E-state index contributed by atoms with van der Waals surface area (Å²) in [4.78, 5) is 12.4. The van der Waals surface area contributed by atoms with Crippen LogP contribution in [-0.4, -0.2) is 27.7 Å². The van der Waals surface area contributed by atoms with Crippen LogP contribution in [0, 0.1) is 5.92 Å². The molecule has 4 heteroatoms. The quantitative estimate of drug-likeness (QED) is 0.759. The van der Waals surface area contributed by atoms with E-state index in [0.29, 0.717) is 5.75 Å². The summed E-state index contributed by atoms with van der Waals surface area (Å²) in [6, 6.07) is 3.56. The molecule has 4 atom stereocenters. The lowest BCUT2D eigenvalue weighted by molar-refractivity contribution is -0.144. The van der Waals surface area contributed by atoms with E-state index in [1.54, 1.807) is 12.1 Å². The van der Waals surface area contributed by atoms with Crippen LogP contribution >= 0.6 is 0 Å². The molecule has 4 nitrogen and oxygen atoms in total. The molecule has 3 aliphatic carbocycles. The molecule has 0 radical (unpaired) electrons. The fraction of sp³-hybridized carbons (Fsp3) is 0.471.